The van der Waals surface area contributed by atoms with Crippen LogP contribution in [0.4, 0.5) is 0 Å². The average molecular weight is 289 g/mol. The third-order valence-corrected chi connectivity index (χ3v) is 4.88. The van der Waals surface area contributed by atoms with Crippen LogP contribution in [0, 0.1) is 5.92 Å². The van der Waals surface area contributed by atoms with Gasteiger partial charge in [0.15, 0.2) is 0 Å². The van der Waals surface area contributed by atoms with Crippen molar-refractivity contribution in [2.24, 2.45) is 11.7 Å². The fourth-order valence-corrected chi connectivity index (χ4v) is 3.31. The summed E-state index contributed by atoms with van der Waals surface area (Å²) in [5, 5.41) is 0. The van der Waals surface area contributed by atoms with Crippen LogP contribution in [0.25, 0.3) is 0 Å². The van der Waals surface area contributed by atoms with E-state index in [4.69, 9.17) is 10.5 Å². The van der Waals surface area contributed by atoms with Gasteiger partial charge in [-0.3, -0.25) is 0 Å². The van der Waals surface area contributed by atoms with E-state index < -0.39 is 0 Å². The molecule has 2 N–H and O–H groups in total. The Morgan fingerprint density at radius 1 is 1.10 bits per heavy atom. The lowest BCUT2D eigenvalue weighted by molar-refractivity contribution is -0.0180. The molecule has 2 nitrogen and oxygen atoms in total. The molecule has 0 radical (unpaired) electrons. The van der Waals surface area contributed by atoms with Crippen molar-refractivity contribution in [2.45, 2.75) is 70.9 Å². The lowest BCUT2D eigenvalue weighted by Gasteiger charge is -2.31. The van der Waals surface area contributed by atoms with Crippen LogP contribution < -0.4 is 5.73 Å². The van der Waals surface area contributed by atoms with Crippen LogP contribution in [-0.2, 0) is 4.74 Å². The molecule has 3 atom stereocenters. The lowest BCUT2D eigenvalue weighted by Crippen LogP contribution is -2.30. The molecule has 0 aliphatic heterocycles. The smallest absolute Gasteiger partial charge is 0.0663 e. The van der Waals surface area contributed by atoms with Crippen LogP contribution in [0.1, 0.15) is 76.0 Å². The molecule has 0 bridgehead atoms. The van der Waals surface area contributed by atoms with E-state index in [1.54, 1.807) is 0 Å². The van der Waals surface area contributed by atoms with Gasteiger partial charge in [0.25, 0.3) is 0 Å². The van der Waals surface area contributed by atoms with Gasteiger partial charge in [0.2, 0.25) is 0 Å². The van der Waals surface area contributed by atoms with Gasteiger partial charge in [0, 0.05) is 0 Å². The molecular weight excluding hydrogens is 258 g/mol. The first kappa shape index (κ1) is 16.5. The van der Waals surface area contributed by atoms with E-state index in [2.05, 4.69) is 45.0 Å². The maximum Gasteiger partial charge on any atom is 0.0663 e. The van der Waals surface area contributed by atoms with Crippen LogP contribution in [0.15, 0.2) is 24.3 Å². The second kappa shape index (κ2) is 7.95. The summed E-state index contributed by atoms with van der Waals surface area (Å²) in [6, 6.07) is 8.68. The first-order valence-electron chi connectivity index (χ1n) is 8.58. The van der Waals surface area contributed by atoms with E-state index in [0.29, 0.717) is 18.6 Å². The summed E-state index contributed by atoms with van der Waals surface area (Å²) in [5.41, 5.74) is 8.85. The molecule has 0 spiro atoms. The van der Waals surface area contributed by atoms with Crippen LogP contribution in [-0.4, -0.2) is 12.7 Å². The van der Waals surface area contributed by atoms with Crippen LogP contribution in [0.3, 0.4) is 0 Å². The van der Waals surface area contributed by atoms with Gasteiger partial charge in [-0.2, -0.15) is 0 Å². The zero-order valence-electron chi connectivity index (χ0n) is 13.8. The van der Waals surface area contributed by atoms with Crippen molar-refractivity contribution >= 4 is 0 Å². The molecule has 0 amide bonds. The molecule has 2 heteroatoms. The van der Waals surface area contributed by atoms with Crippen molar-refractivity contribution in [3.63, 3.8) is 0 Å². The third-order valence-electron chi connectivity index (χ3n) is 4.88. The van der Waals surface area contributed by atoms with E-state index in [1.807, 2.05) is 0 Å². The maximum absolute atomic E-state index is 6.30. The number of rotatable bonds is 6. The number of hydrogen-bond donors (Lipinski definition) is 1. The molecule has 2 rings (SSSR count). The van der Waals surface area contributed by atoms with Crippen molar-refractivity contribution in [2.75, 3.05) is 6.61 Å². The van der Waals surface area contributed by atoms with Crippen molar-refractivity contribution in [1.29, 1.82) is 0 Å². The summed E-state index contributed by atoms with van der Waals surface area (Å²) in [4.78, 5) is 0. The third kappa shape index (κ3) is 4.55. The fourth-order valence-electron chi connectivity index (χ4n) is 3.31. The molecule has 21 heavy (non-hydrogen) atoms. The SMILES string of the molecule is CCC1CCCCC1OCC(N)c1ccc(C(C)C)cc1. The van der Waals surface area contributed by atoms with E-state index >= 15 is 0 Å². The molecule has 3 unspecified atom stereocenters. The first-order chi connectivity index (χ1) is 10.1. The van der Waals surface area contributed by atoms with Crippen molar-refractivity contribution in [3.8, 4) is 0 Å². The van der Waals surface area contributed by atoms with Gasteiger partial charge < -0.3 is 10.5 Å². The van der Waals surface area contributed by atoms with Crippen LogP contribution in [0.5, 0.6) is 0 Å². The lowest BCUT2D eigenvalue weighted by atomic mass is 9.85. The fraction of sp³-hybridized carbons (Fsp3) is 0.684. The molecular formula is C19H31NO. The van der Waals surface area contributed by atoms with E-state index in [9.17, 15) is 0 Å². The summed E-state index contributed by atoms with van der Waals surface area (Å²) < 4.78 is 6.16. The molecule has 0 heterocycles. The van der Waals surface area contributed by atoms with Gasteiger partial charge in [-0.1, -0.05) is 64.3 Å². The number of ether oxygens (including phenoxy) is 1. The Morgan fingerprint density at radius 2 is 1.71 bits per heavy atom. The van der Waals surface area contributed by atoms with E-state index in [-0.39, 0.29) is 6.04 Å². The van der Waals surface area contributed by atoms with Gasteiger partial charge in [0.05, 0.1) is 18.8 Å². The molecule has 0 saturated heterocycles. The zero-order chi connectivity index (χ0) is 15.2. The first-order valence-corrected chi connectivity index (χ1v) is 8.58. The number of benzene rings is 1. The molecule has 1 aliphatic rings. The van der Waals surface area contributed by atoms with Gasteiger partial charge >= 0.3 is 0 Å². The van der Waals surface area contributed by atoms with Crippen molar-refractivity contribution < 1.29 is 4.74 Å². The second-order valence-corrected chi connectivity index (χ2v) is 6.75. The highest BCUT2D eigenvalue weighted by Gasteiger charge is 2.24. The van der Waals surface area contributed by atoms with Crippen molar-refractivity contribution in [3.05, 3.63) is 35.4 Å². The molecule has 1 aromatic carbocycles. The Bertz CT molecular complexity index is 412. The van der Waals surface area contributed by atoms with Gasteiger partial charge in [-0.05, 0) is 35.8 Å². The minimum atomic E-state index is -0.00866. The largest absolute Gasteiger partial charge is 0.376 e. The summed E-state index contributed by atoms with van der Waals surface area (Å²) >= 11 is 0. The highest BCUT2D eigenvalue weighted by atomic mass is 16.5. The molecule has 1 aromatic rings. The second-order valence-electron chi connectivity index (χ2n) is 6.75. The molecule has 1 fully saturated rings. The highest BCUT2D eigenvalue weighted by molar-refractivity contribution is 5.26. The van der Waals surface area contributed by atoms with Crippen LogP contribution in [0.2, 0.25) is 0 Å². The van der Waals surface area contributed by atoms with Gasteiger partial charge in [0.1, 0.15) is 0 Å². The Balaban J connectivity index is 1.87. The number of hydrogen-bond acceptors (Lipinski definition) is 2. The monoisotopic (exact) mass is 289 g/mol. The summed E-state index contributed by atoms with van der Waals surface area (Å²) in [5.74, 6) is 1.30. The standard InChI is InChI=1S/C19H31NO/c1-4-15-7-5-6-8-19(15)21-13-18(20)17-11-9-16(10-12-17)14(2)3/h9-12,14-15,18-19H,4-8,13,20H2,1-3H3. The highest BCUT2D eigenvalue weighted by Crippen LogP contribution is 2.29. The normalized spacial score (nSPS) is 24.2. The predicted octanol–water partition coefficient (Wildman–Crippen LogP) is 4.80. The predicted molar refractivity (Wildman–Crippen MR) is 89.4 cm³/mol. The van der Waals surface area contributed by atoms with Gasteiger partial charge in [-0.15, -0.1) is 0 Å². The Hall–Kier alpha value is -0.860. The minimum absolute atomic E-state index is 0.00866. The summed E-state index contributed by atoms with van der Waals surface area (Å²) in [6.45, 7) is 7.34. The van der Waals surface area contributed by atoms with Crippen LogP contribution >= 0.6 is 0 Å². The average Bonchev–Trinajstić information content (AvgIpc) is 2.52. The Kier molecular flexibility index (Phi) is 6.25. The Labute approximate surface area is 130 Å². The Morgan fingerprint density at radius 3 is 2.33 bits per heavy atom. The quantitative estimate of drug-likeness (QED) is 0.816. The van der Waals surface area contributed by atoms with Crippen molar-refractivity contribution in [1.82, 2.24) is 0 Å². The summed E-state index contributed by atoms with van der Waals surface area (Å²) in [6.07, 6.45) is 6.84. The number of nitrogens with two attached hydrogens (primary N) is 1. The molecule has 1 aliphatic carbocycles. The van der Waals surface area contributed by atoms with E-state index in [1.165, 1.54) is 43.2 Å². The summed E-state index contributed by atoms with van der Waals surface area (Å²) in [7, 11) is 0. The van der Waals surface area contributed by atoms with Gasteiger partial charge in [-0.25, -0.2) is 0 Å². The molecule has 118 valence electrons. The van der Waals surface area contributed by atoms with E-state index in [0.717, 1.165) is 5.92 Å². The molecule has 0 aromatic heterocycles. The maximum atomic E-state index is 6.30. The molecule has 1 saturated carbocycles. The topological polar surface area (TPSA) is 35.2 Å². The zero-order valence-corrected chi connectivity index (χ0v) is 13.8. The minimum Gasteiger partial charge on any atom is -0.376 e.